The lowest BCUT2D eigenvalue weighted by atomic mass is 10.1. The molecule has 1 aliphatic rings. The molecule has 1 aromatic carbocycles. The van der Waals surface area contributed by atoms with E-state index in [1.165, 1.54) is 10.6 Å². The monoisotopic (exact) mass is 423 g/mol. The summed E-state index contributed by atoms with van der Waals surface area (Å²) in [5.74, 6) is -0.279. The van der Waals surface area contributed by atoms with Crippen molar-refractivity contribution in [3.63, 3.8) is 0 Å². The van der Waals surface area contributed by atoms with Crippen LogP contribution in [-0.2, 0) is 18.3 Å². The maximum atomic E-state index is 12.7. The van der Waals surface area contributed by atoms with E-state index < -0.39 is 0 Å². The molecule has 2 unspecified atom stereocenters. The van der Waals surface area contributed by atoms with Crippen LogP contribution in [0.15, 0.2) is 30.3 Å². The van der Waals surface area contributed by atoms with Crippen LogP contribution in [0.4, 0.5) is 0 Å². The van der Waals surface area contributed by atoms with Crippen LogP contribution in [0.3, 0.4) is 0 Å². The van der Waals surface area contributed by atoms with E-state index in [0.29, 0.717) is 41.1 Å². The Hall–Kier alpha value is -2.02. The summed E-state index contributed by atoms with van der Waals surface area (Å²) >= 11 is 11.9. The second-order valence-electron chi connectivity index (χ2n) is 7.07. The van der Waals surface area contributed by atoms with E-state index in [-0.39, 0.29) is 24.0 Å². The number of nitrogens with one attached hydrogen (secondary N) is 1. The molecule has 8 heteroatoms. The van der Waals surface area contributed by atoms with E-state index in [9.17, 15) is 9.59 Å². The van der Waals surface area contributed by atoms with Gasteiger partial charge in [-0.05, 0) is 37.6 Å². The Morgan fingerprint density at radius 2 is 1.75 bits per heavy atom. The van der Waals surface area contributed by atoms with E-state index in [2.05, 4.69) is 5.32 Å². The zero-order chi connectivity index (χ0) is 20.4. The summed E-state index contributed by atoms with van der Waals surface area (Å²) in [7, 11) is 1.68. The quantitative estimate of drug-likeness (QED) is 0.817. The van der Waals surface area contributed by atoms with Crippen molar-refractivity contribution in [3.05, 3.63) is 57.3 Å². The number of hydrogen-bond acceptors (Lipinski definition) is 3. The van der Waals surface area contributed by atoms with Crippen molar-refractivity contribution in [2.45, 2.75) is 32.6 Å². The van der Waals surface area contributed by atoms with Crippen molar-refractivity contribution in [2.24, 2.45) is 7.05 Å². The van der Waals surface area contributed by atoms with Crippen molar-refractivity contribution in [3.8, 4) is 0 Å². The third-order valence-corrected chi connectivity index (χ3v) is 5.55. The molecule has 2 atom stereocenters. The molecule has 0 aliphatic carbocycles. The maximum absolute atomic E-state index is 12.7. The number of amides is 2. The third-order valence-electron chi connectivity index (χ3n) is 4.71. The van der Waals surface area contributed by atoms with E-state index in [4.69, 9.17) is 27.9 Å². The highest BCUT2D eigenvalue weighted by Gasteiger charge is 2.26. The van der Waals surface area contributed by atoms with Gasteiger partial charge in [-0.15, -0.1) is 0 Å². The first-order chi connectivity index (χ1) is 13.3. The van der Waals surface area contributed by atoms with Crippen LogP contribution in [-0.4, -0.2) is 46.6 Å². The second-order valence-corrected chi connectivity index (χ2v) is 7.84. The number of carbonyl (C=O) groups excluding carboxylic acids is 2. The number of morpholine rings is 1. The van der Waals surface area contributed by atoms with Gasteiger partial charge < -0.3 is 19.5 Å². The van der Waals surface area contributed by atoms with Crippen molar-refractivity contribution in [1.29, 1.82) is 0 Å². The molecule has 2 heterocycles. The van der Waals surface area contributed by atoms with Gasteiger partial charge in [-0.3, -0.25) is 9.59 Å². The van der Waals surface area contributed by atoms with Gasteiger partial charge in [-0.2, -0.15) is 0 Å². The van der Waals surface area contributed by atoms with Gasteiger partial charge in [0, 0.05) is 32.2 Å². The molecule has 150 valence electrons. The van der Waals surface area contributed by atoms with Crippen LogP contribution in [0.5, 0.6) is 0 Å². The highest BCUT2D eigenvalue weighted by Crippen LogP contribution is 2.25. The molecule has 28 heavy (non-hydrogen) atoms. The van der Waals surface area contributed by atoms with Crippen LogP contribution in [0.25, 0.3) is 0 Å². The van der Waals surface area contributed by atoms with Gasteiger partial charge in [0.15, 0.2) is 0 Å². The zero-order valence-electron chi connectivity index (χ0n) is 16.0. The summed E-state index contributed by atoms with van der Waals surface area (Å²) in [5, 5.41) is 3.49. The van der Waals surface area contributed by atoms with Crippen LogP contribution in [0, 0.1) is 0 Å². The summed E-state index contributed by atoms with van der Waals surface area (Å²) < 4.78 is 7.21. The first-order valence-corrected chi connectivity index (χ1v) is 9.84. The van der Waals surface area contributed by atoms with E-state index in [0.717, 1.165) is 5.56 Å². The molecular formula is C20H23Cl2N3O3. The molecule has 3 rings (SSSR count). The lowest BCUT2D eigenvalue weighted by Gasteiger charge is -2.35. The average molecular weight is 424 g/mol. The standard InChI is InChI=1S/C20H23Cl2N3O3/c1-12-10-25(11-13(2)28-12)20(27)15-6-4-14(5-7-15)9-23-19(26)17-8-16(21)18(22)24(17)3/h4-8,12-13H,9-11H2,1-3H3,(H,23,26). The summed E-state index contributed by atoms with van der Waals surface area (Å²) in [6.45, 7) is 5.44. The molecular weight excluding hydrogens is 401 g/mol. The van der Waals surface area contributed by atoms with E-state index in [1.807, 2.05) is 30.9 Å². The molecule has 1 aliphatic heterocycles. The normalized spacial score (nSPS) is 19.5. The second kappa shape index (κ2) is 8.55. The van der Waals surface area contributed by atoms with Gasteiger partial charge in [-0.1, -0.05) is 35.3 Å². The molecule has 0 radical (unpaired) electrons. The molecule has 0 spiro atoms. The van der Waals surface area contributed by atoms with Gasteiger partial charge in [0.25, 0.3) is 11.8 Å². The fraction of sp³-hybridized carbons (Fsp3) is 0.400. The number of aromatic nitrogens is 1. The first kappa shape index (κ1) is 20.7. The molecule has 1 aromatic heterocycles. The number of benzene rings is 1. The molecule has 2 aromatic rings. The van der Waals surface area contributed by atoms with Gasteiger partial charge in [0.05, 0.1) is 17.2 Å². The molecule has 0 bridgehead atoms. The summed E-state index contributed by atoms with van der Waals surface area (Å²) in [5.41, 5.74) is 1.90. The lowest BCUT2D eigenvalue weighted by molar-refractivity contribution is -0.0586. The predicted molar refractivity (Wildman–Crippen MR) is 109 cm³/mol. The molecule has 1 saturated heterocycles. The molecule has 0 saturated carbocycles. The third kappa shape index (κ3) is 4.51. The highest BCUT2D eigenvalue weighted by atomic mass is 35.5. The highest BCUT2D eigenvalue weighted by molar-refractivity contribution is 6.41. The fourth-order valence-electron chi connectivity index (χ4n) is 3.32. The van der Waals surface area contributed by atoms with Gasteiger partial charge >= 0.3 is 0 Å². The Bertz CT molecular complexity index is 870. The Labute approximate surface area is 174 Å². The smallest absolute Gasteiger partial charge is 0.268 e. The Morgan fingerprint density at radius 1 is 1.14 bits per heavy atom. The number of rotatable bonds is 4. The van der Waals surface area contributed by atoms with E-state index in [1.54, 1.807) is 19.2 Å². The summed E-state index contributed by atoms with van der Waals surface area (Å²) in [6.07, 6.45) is 0.0587. The first-order valence-electron chi connectivity index (χ1n) is 9.09. The van der Waals surface area contributed by atoms with Crippen molar-refractivity contribution >= 4 is 35.0 Å². The molecule has 1 N–H and O–H groups in total. The zero-order valence-corrected chi connectivity index (χ0v) is 17.5. The number of hydrogen-bond donors (Lipinski definition) is 1. The van der Waals surface area contributed by atoms with Crippen LogP contribution in [0.1, 0.15) is 40.3 Å². The fourth-order valence-corrected chi connectivity index (χ4v) is 3.70. The SMILES string of the molecule is CC1CN(C(=O)c2ccc(CNC(=O)c3cc(Cl)c(Cl)n3C)cc2)CC(C)O1. The summed E-state index contributed by atoms with van der Waals surface area (Å²) in [4.78, 5) is 26.8. The van der Waals surface area contributed by atoms with Crippen molar-refractivity contribution in [1.82, 2.24) is 14.8 Å². The number of nitrogens with zero attached hydrogens (tertiary/aromatic N) is 2. The van der Waals surface area contributed by atoms with Gasteiger partial charge in [-0.25, -0.2) is 0 Å². The van der Waals surface area contributed by atoms with Gasteiger partial charge in [0.2, 0.25) is 0 Å². The number of carbonyl (C=O) groups is 2. The van der Waals surface area contributed by atoms with Crippen LogP contribution < -0.4 is 5.32 Å². The average Bonchev–Trinajstić information content (AvgIpc) is 2.92. The molecule has 6 nitrogen and oxygen atoms in total. The predicted octanol–water partition coefficient (Wildman–Crippen LogP) is 3.51. The molecule has 1 fully saturated rings. The van der Waals surface area contributed by atoms with Crippen LogP contribution >= 0.6 is 23.2 Å². The van der Waals surface area contributed by atoms with Crippen LogP contribution in [0.2, 0.25) is 10.2 Å². The Balaban J connectivity index is 1.60. The topological polar surface area (TPSA) is 63.6 Å². The largest absolute Gasteiger partial charge is 0.372 e. The maximum Gasteiger partial charge on any atom is 0.268 e. The van der Waals surface area contributed by atoms with E-state index >= 15 is 0 Å². The van der Waals surface area contributed by atoms with Crippen molar-refractivity contribution in [2.75, 3.05) is 13.1 Å². The number of ether oxygens (including phenoxy) is 1. The Morgan fingerprint density at radius 3 is 2.29 bits per heavy atom. The molecule has 2 amide bonds. The minimum atomic E-state index is -0.271. The summed E-state index contributed by atoms with van der Waals surface area (Å²) in [6, 6.07) is 8.78. The number of halogens is 2. The van der Waals surface area contributed by atoms with Crippen molar-refractivity contribution < 1.29 is 14.3 Å². The minimum absolute atomic E-state index is 0.00863. The Kier molecular flexibility index (Phi) is 6.33. The van der Waals surface area contributed by atoms with Gasteiger partial charge in [0.1, 0.15) is 10.8 Å². The lowest BCUT2D eigenvalue weighted by Crippen LogP contribution is -2.48. The minimum Gasteiger partial charge on any atom is -0.372 e.